The first-order valence-corrected chi connectivity index (χ1v) is 4.00. The fourth-order valence-corrected chi connectivity index (χ4v) is 0.906. The lowest BCUT2D eigenvalue weighted by Crippen LogP contribution is -2.31. The minimum Gasteiger partial charge on any atom is -0.326 e. The average molecular weight is 167 g/mol. The number of hydrogen-bond donors (Lipinski definition) is 1. The molecule has 0 aliphatic rings. The largest absolute Gasteiger partial charge is 0.326 e. The van der Waals surface area contributed by atoms with Gasteiger partial charge in [-0.1, -0.05) is 6.92 Å². The van der Waals surface area contributed by atoms with Gasteiger partial charge in [0.15, 0.2) is 0 Å². The van der Waals surface area contributed by atoms with Crippen molar-refractivity contribution in [3.05, 3.63) is 28.9 Å². The minimum atomic E-state index is -0.0959. The Morgan fingerprint density at radius 1 is 1.75 bits per heavy atom. The molecule has 0 saturated carbocycles. The van der Waals surface area contributed by atoms with Crippen molar-refractivity contribution >= 4 is 0 Å². The third kappa shape index (κ3) is 2.17. The zero-order valence-corrected chi connectivity index (χ0v) is 7.10. The first-order valence-electron chi connectivity index (χ1n) is 4.00. The predicted octanol–water partition coefficient (Wildman–Crippen LogP) is -0.0194. The van der Waals surface area contributed by atoms with Gasteiger partial charge in [0.05, 0.1) is 6.20 Å². The summed E-state index contributed by atoms with van der Waals surface area (Å²) in [6, 6.07) is 0.0464. The van der Waals surface area contributed by atoms with Crippen molar-refractivity contribution in [2.45, 2.75) is 25.9 Å². The molecular weight excluding hydrogens is 154 g/mol. The molecule has 1 atom stereocenters. The predicted molar refractivity (Wildman–Crippen MR) is 46.8 cm³/mol. The Kier molecular flexibility index (Phi) is 2.99. The smallest absolute Gasteiger partial charge is 0.269 e. The van der Waals surface area contributed by atoms with Crippen LogP contribution in [0.5, 0.6) is 0 Å². The monoisotopic (exact) mass is 167 g/mol. The fraction of sp³-hybridized carbons (Fsp3) is 0.500. The maximum absolute atomic E-state index is 11.1. The van der Waals surface area contributed by atoms with Crippen molar-refractivity contribution in [1.82, 2.24) is 9.55 Å². The van der Waals surface area contributed by atoms with Gasteiger partial charge < -0.3 is 10.3 Å². The highest BCUT2D eigenvalue weighted by molar-refractivity contribution is 4.81. The molecule has 0 radical (unpaired) electrons. The number of hydrogen-bond acceptors (Lipinski definition) is 3. The molecule has 1 aromatic heterocycles. The third-order valence-electron chi connectivity index (χ3n) is 1.76. The minimum absolute atomic E-state index is 0.0464. The molecule has 66 valence electrons. The van der Waals surface area contributed by atoms with Crippen LogP contribution >= 0.6 is 0 Å². The SMILES string of the molecule is CCC(N)Cn1ccncc1=O. The van der Waals surface area contributed by atoms with Gasteiger partial charge in [-0.15, -0.1) is 0 Å². The molecule has 4 heteroatoms. The molecule has 1 unspecified atom stereocenters. The average Bonchev–Trinajstić information content (AvgIpc) is 2.09. The van der Waals surface area contributed by atoms with E-state index in [-0.39, 0.29) is 11.6 Å². The van der Waals surface area contributed by atoms with E-state index < -0.39 is 0 Å². The van der Waals surface area contributed by atoms with Crippen LogP contribution in [0.4, 0.5) is 0 Å². The third-order valence-corrected chi connectivity index (χ3v) is 1.76. The summed E-state index contributed by atoms with van der Waals surface area (Å²) in [4.78, 5) is 14.8. The summed E-state index contributed by atoms with van der Waals surface area (Å²) in [5.41, 5.74) is 5.60. The lowest BCUT2D eigenvalue weighted by atomic mass is 10.2. The zero-order valence-electron chi connectivity index (χ0n) is 7.10. The van der Waals surface area contributed by atoms with Gasteiger partial charge in [-0.05, 0) is 6.42 Å². The maximum atomic E-state index is 11.1. The molecule has 0 aliphatic heterocycles. The van der Waals surface area contributed by atoms with Gasteiger partial charge in [-0.3, -0.25) is 9.78 Å². The van der Waals surface area contributed by atoms with Gasteiger partial charge in [0.25, 0.3) is 5.56 Å². The number of aromatic nitrogens is 2. The highest BCUT2D eigenvalue weighted by Gasteiger charge is 2.00. The molecule has 0 spiro atoms. The van der Waals surface area contributed by atoms with Crippen molar-refractivity contribution in [1.29, 1.82) is 0 Å². The first kappa shape index (κ1) is 8.93. The Morgan fingerprint density at radius 3 is 3.08 bits per heavy atom. The molecule has 1 heterocycles. The van der Waals surface area contributed by atoms with Crippen LogP contribution in [0.1, 0.15) is 13.3 Å². The molecule has 1 rings (SSSR count). The van der Waals surface area contributed by atoms with Crippen molar-refractivity contribution in [2.24, 2.45) is 5.73 Å². The molecule has 4 nitrogen and oxygen atoms in total. The highest BCUT2D eigenvalue weighted by Crippen LogP contribution is 1.89. The van der Waals surface area contributed by atoms with Gasteiger partial charge in [-0.2, -0.15) is 0 Å². The summed E-state index contributed by atoms with van der Waals surface area (Å²) in [7, 11) is 0. The standard InChI is InChI=1S/C8H13N3O/c1-2-7(9)6-11-4-3-10-5-8(11)12/h3-5,7H,2,6,9H2,1H3. The number of nitrogens with zero attached hydrogens (tertiary/aromatic N) is 2. The maximum Gasteiger partial charge on any atom is 0.269 e. The molecule has 2 N–H and O–H groups in total. The van der Waals surface area contributed by atoms with Crippen LogP contribution in [0.25, 0.3) is 0 Å². The Labute approximate surface area is 71.0 Å². The molecular formula is C8H13N3O. The molecule has 0 fully saturated rings. The van der Waals surface area contributed by atoms with Crippen LogP contribution in [0.15, 0.2) is 23.4 Å². The Bertz CT molecular complexity index is 294. The lowest BCUT2D eigenvalue weighted by Gasteiger charge is -2.09. The second-order valence-electron chi connectivity index (χ2n) is 2.74. The van der Waals surface area contributed by atoms with Crippen LogP contribution in [0, 0.1) is 0 Å². The Hall–Kier alpha value is -1.16. The van der Waals surface area contributed by atoms with E-state index in [1.54, 1.807) is 17.0 Å². The summed E-state index contributed by atoms with van der Waals surface area (Å²) >= 11 is 0. The van der Waals surface area contributed by atoms with E-state index in [0.717, 1.165) is 6.42 Å². The van der Waals surface area contributed by atoms with Gasteiger partial charge in [-0.25, -0.2) is 0 Å². The topological polar surface area (TPSA) is 60.9 Å². The van der Waals surface area contributed by atoms with Crippen LogP contribution < -0.4 is 11.3 Å². The number of rotatable bonds is 3. The molecule has 0 amide bonds. The molecule has 1 aromatic rings. The molecule has 12 heavy (non-hydrogen) atoms. The van der Waals surface area contributed by atoms with E-state index in [2.05, 4.69) is 4.98 Å². The van der Waals surface area contributed by atoms with Crippen molar-refractivity contribution in [2.75, 3.05) is 0 Å². The van der Waals surface area contributed by atoms with E-state index in [0.29, 0.717) is 6.54 Å². The summed E-state index contributed by atoms with van der Waals surface area (Å²) in [5.74, 6) is 0. The summed E-state index contributed by atoms with van der Waals surface area (Å²) in [6.45, 7) is 2.56. The molecule has 0 aliphatic carbocycles. The van der Waals surface area contributed by atoms with E-state index in [4.69, 9.17) is 5.73 Å². The van der Waals surface area contributed by atoms with Gasteiger partial charge in [0, 0.05) is 25.0 Å². The quantitative estimate of drug-likeness (QED) is 0.688. The summed E-state index contributed by atoms with van der Waals surface area (Å²) < 4.78 is 1.57. The van der Waals surface area contributed by atoms with Gasteiger partial charge in [0.1, 0.15) is 0 Å². The van der Waals surface area contributed by atoms with E-state index >= 15 is 0 Å². The summed E-state index contributed by atoms with van der Waals surface area (Å²) in [6.07, 6.45) is 5.40. The highest BCUT2D eigenvalue weighted by atomic mass is 16.1. The summed E-state index contributed by atoms with van der Waals surface area (Å²) in [5, 5.41) is 0. The van der Waals surface area contributed by atoms with Crippen molar-refractivity contribution in [3.63, 3.8) is 0 Å². The van der Waals surface area contributed by atoms with Crippen LogP contribution in [-0.4, -0.2) is 15.6 Å². The molecule has 0 bridgehead atoms. The normalized spacial score (nSPS) is 12.8. The second-order valence-corrected chi connectivity index (χ2v) is 2.74. The van der Waals surface area contributed by atoms with Crippen LogP contribution in [-0.2, 0) is 6.54 Å². The zero-order chi connectivity index (χ0) is 8.97. The first-order chi connectivity index (χ1) is 5.74. The van der Waals surface area contributed by atoms with Crippen molar-refractivity contribution < 1.29 is 0 Å². The van der Waals surface area contributed by atoms with Crippen LogP contribution in [0.2, 0.25) is 0 Å². The van der Waals surface area contributed by atoms with Gasteiger partial charge in [0.2, 0.25) is 0 Å². The van der Waals surface area contributed by atoms with Crippen LogP contribution in [0.3, 0.4) is 0 Å². The molecule has 0 aromatic carbocycles. The Balaban J connectivity index is 2.76. The fourth-order valence-electron chi connectivity index (χ4n) is 0.906. The molecule has 0 saturated heterocycles. The van der Waals surface area contributed by atoms with Crippen molar-refractivity contribution in [3.8, 4) is 0 Å². The van der Waals surface area contributed by atoms with E-state index in [1.807, 2.05) is 6.92 Å². The second kappa shape index (κ2) is 4.01. The Morgan fingerprint density at radius 2 is 2.50 bits per heavy atom. The number of nitrogens with two attached hydrogens (primary N) is 1. The lowest BCUT2D eigenvalue weighted by molar-refractivity contribution is 0.525. The van der Waals surface area contributed by atoms with E-state index in [1.165, 1.54) is 6.20 Å². The van der Waals surface area contributed by atoms with E-state index in [9.17, 15) is 4.79 Å². The van der Waals surface area contributed by atoms with Gasteiger partial charge >= 0.3 is 0 Å².